The fourth-order valence-corrected chi connectivity index (χ4v) is 3.97. The number of aliphatic hydroxyl groups excluding tert-OH is 1. The topological polar surface area (TPSA) is 66.8 Å². The number of halogens is 2. The van der Waals surface area contributed by atoms with Gasteiger partial charge in [-0.1, -0.05) is 30.3 Å². The van der Waals surface area contributed by atoms with E-state index in [4.69, 9.17) is 4.74 Å². The van der Waals surface area contributed by atoms with Crippen LogP contribution < -0.4 is 9.64 Å². The van der Waals surface area contributed by atoms with Crippen LogP contribution in [0.4, 0.5) is 14.5 Å². The second kappa shape index (κ2) is 8.86. The minimum atomic E-state index is -1.14. The van der Waals surface area contributed by atoms with Gasteiger partial charge in [-0.25, -0.2) is 8.78 Å². The van der Waals surface area contributed by atoms with Gasteiger partial charge in [-0.2, -0.15) is 0 Å². The molecule has 1 N–H and O–H groups in total. The number of anilines is 1. The van der Waals surface area contributed by atoms with Crippen molar-refractivity contribution >= 4 is 23.1 Å². The lowest BCUT2D eigenvalue weighted by atomic mass is 9.94. The molecule has 1 aliphatic rings. The first-order valence-corrected chi connectivity index (χ1v) is 10.4. The Morgan fingerprint density at radius 3 is 2.42 bits per heavy atom. The molecule has 33 heavy (non-hydrogen) atoms. The molecule has 1 unspecified atom stereocenters. The van der Waals surface area contributed by atoms with Gasteiger partial charge in [-0.15, -0.1) is 0 Å². The molecule has 0 radical (unpaired) electrons. The lowest BCUT2D eigenvalue weighted by Gasteiger charge is -2.25. The molecule has 1 saturated heterocycles. The summed E-state index contributed by atoms with van der Waals surface area (Å²) in [5, 5.41) is 11.1. The number of carbonyl (C=O) groups excluding carboxylic acids is 2. The molecule has 0 aromatic heterocycles. The van der Waals surface area contributed by atoms with Crippen LogP contribution >= 0.6 is 0 Å². The zero-order chi connectivity index (χ0) is 23.7. The Balaban J connectivity index is 1.93. The summed E-state index contributed by atoms with van der Waals surface area (Å²) in [6, 6.07) is 14.8. The highest BCUT2D eigenvalue weighted by atomic mass is 19.1. The van der Waals surface area contributed by atoms with Crippen molar-refractivity contribution in [3.63, 3.8) is 0 Å². The standard InChI is InChI=1S/C26H21F2NO4/c1-3-33-21-12-9-17(13-15(21)2)24(30)22-23(16-7-5-4-6-8-16)29(26(32)25(22)31)20-14-18(27)10-11-19(20)28/h4-14,23,30H,3H2,1-2H3/b24-22+. The normalized spacial score (nSPS) is 17.5. The van der Waals surface area contributed by atoms with Gasteiger partial charge in [0.25, 0.3) is 11.7 Å². The number of carbonyl (C=O) groups is 2. The van der Waals surface area contributed by atoms with E-state index in [-0.39, 0.29) is 11.3 Å². The summed E-state index contributed by atoms with van der Waals surface area (Å²) < 4.78 is 34.1. The Morgan fingerprint density at radius 2 is 1.76 bits per heavy atom. The first kappa shape index (κ1) is 22.2. The maximum absolute atomic E-state index is 14.7. The van der Waals surface area contributed by atoms with Gasteiger partial charge in [-0.05, 0) is 55.3 Å². The third-order valence-corrected chi connectivity index (χ3v) is 5.48. The second-order valence-corrected chi connectivity index (χ2v) is 7.59. The predicted molar refractivity (Wildman–Crippen MR) is 120 cm³/mol. The lowest BCUT2D eigenvalue weighted by Crippen LogP contribution is -2.30. The Morgan fingerprint density at radius 1 is 1.03 bits per heavy atom. The zero-order valence-electron chi connectivity index (χ0n) is 18.0. The van der Waals surface area contributed by atoms with Crippen LogP contribution in [0.2, 0.25) is 0 Å². The second-order valence-electron chi connectivity index (χ2n) is 7.59. The average Bonchev–Trinajstić information content (AvgIpc) is 3.07. The molecule has 7 heteroatoms. The number of aliphatic hydroxyl groups is 1. The van der Waals surface area contributed by atoms with Gasteiger partial charge in [0.2, 0.25) is 0 Å². The highest BCUT2D eigenvalue weighted by molar-refractivity contribution is 6.51. The van der Waals surface area contributed by atoms with E-state index in [0.717, 1.165) is 28.7 Å². The van der Waals surface area contributed by atoms with Crippen LogP contribution in [-0.4, -0.2) is 23.4 Å². The molecule has 3 aromatic rings. The van der Waals surface area contributed by atoms with Crippen molar-refractivity contribution < 1.29 is 28.2 Å². The molecule has 0 aliphatic carbocycles. The van der Waals surface area contributed by atoms with Crippen molar-refractivity contribution in [3.8, 4) is 5.75 Å². The van der Waals surface area contributed by atoms with Gasteiger partial charge >= 0.3 is 0 Å². The number of rotatable bonds is 5. The fourth-order valence-electron chi connectivity index (χ4n) is 3.97. The van der Waals surface area contributed by atoms with Crippen molar-refractivity contribution in [2.24, 2.45) is 0 Å². The quantitative estimate of drug-likeness (QED) is 0.326. The molecule has 168 valence electrons. The molecule has 1 heterocycles. The number of ether oxygens (including phenoxy) is 1. The van der Waals surface area contributed by atoms with Gasteiger partial charge in [0, 0.05) is 11.6 Å². The fraction of sp³-hybridized carbons (Fsp3) is 0.154. The monoisotopic (exact) mass is 449 g/mol. The largest absolute Gasteiger partial charge is 0.507 e. The summed E-state index contributed by atoms with van der Waals surface area (Å²) in [6.45, 7) is 4.10. The molecular formula is C26H21F2NO4. The smallest absolute Gasteiger partial charge is 0.300 e. The summed E-state index contributed by atoms with van der Waals surface area (Å²) in [7, 11) is 0. The highest BCUT2D eigenvalue weighted by Gasteiger charge is 2.47. The van der Waals surface area contributed by atoms with Gasteiger partial charge < -0.3 is 9.84 Å². The van der Waals surface area contributed by atoms with Crippen molar-refractivity contribution in [2.45, 2.75) is 19.9 Å². The van der Waals surface area contributed by atoms with E-state index in [1.807, 2.05) is 6.92 Å². The number of benzene rings is 3. The van der Waals surface area contributed by atoms with Crippen LogP contribution in [-0.2, 0) is 9.59 Å². The van der Waals surface area contributed by atoms with Crippen molar-refractivity contribution in [1.29, 1.82) is 0 Å². The number of Topliss-reactive ketones (excluding diaryl/α,β-unsaturated/α-hetero) is 1. The molecule has 0 bridgehead atoms. The third-order valence-electron chi connectivity index (χ3n) is 5.48. The molecule has 0 saturated carbocycles. The molecule has 1 aliphatic heterocycles. The van der Waals surface area contributed by atoms with E-state index in [9.17, 15) is 23.5 Å². The molecule has 3 aromatic carbocycles. The maximum Gasteiger partial charge on any atom is 0.300 e. The van der Waals surface area contributed by atoms with Gasteiger partial charge in [0.15, 0.2) is 0 Å². The van der Waals surface area contributed by atoms with Gasteiger partial charge in [0.05, 0.1) is 23.9 Å². The third kappa shape index (κ3) is 3.98. The predicted octanol–water partition coefficient (Wildman–Crippen LogP) is 5.30. The van der Waals surface area contributed by atoms with Crippen LogP contribution in [0.1, 0.15) is 29.7 Å². The van der Waals surface area contributed by atoms with Crippen LogP contribution in [0.15, 0.2) is 72.3 Å². The summed E-state index contributed by atoms with van der Waals surface area (Å²) in [4.78, 5) is 27.0. The minimum Gasteiger partial charge on any atom is -0.507 e. The van der Waals surface area contributed by atoms with Crippen LogP contribution in [0, 0.1) is 18.6 Å². The molecule has 1 fully saturated rings. The number of amides is 1. The number of hydrogen-bond acceptors (Lipinski definition) is 4. The molecule has 0 spiro atoms. The molecule has 4 rings (SSSR count). The SMILES string of the molecule is CCOc1ccc(/C(O)=C2\C(=O)C(=O)N(c3cc(F)ccc3F)C2c2ccccc2)cc1C. The molecule has 1 atom stereocenters. The molecule has 1 amide bonds. The molecule has 5 nitrogen and oxygen atoms in total. The van der Waals surface area contributed by atoms with E-state index < -0.39 is 35.1 Å². The Bertz CT molecular complexity index is 1270. The van der Waals surface area contributed by atoms with Crippen LogP contribution in [0.25, 0.3) is 5.76 Å². The van der Waals surface area contributed by atoms with Crippen molar-refractivity contribution in [3.05, 3.63) is 101 Å². The minimum absolute atomic E-state index is 0.210. The van der Waals surface area contributed by atoms with Gasteiger partial charge in [0.1, 0.15) is 23.1 Å². The van der Waals surface area contributed by atoms with Crippen molar-refractivity contribution in [1.82, 2.24) is 0 Å². The number of ketones is 1. The molecular weight excluding hydrogens is 428 g/mol. The maximum atomic E-state index is 14.7. The van der Waals surface area contributed by atoms with E-state index in [1.165, 1.54) is 0 Å². The number of hydrogen-bond donors (Lipinski definition) is 1. The first-order valence-electron chi connectivity index (χ1n) is 10.4. The summed E-state index contributed by atoms with van der Waals surface area (Å²) in [5.74, 6) is -3.46. The van der Waals surface area contributed by atoms with Gasteiger partial charge in [-0.3, -0.25) is 14.5 Å². The van der Waals surface area contributed by atoms with E-state index >= 15 is 0 Å². The number of aryl methyl sites for hydroxylation is 1. The Hall–Kier alpha value is -4.00. The summed E-state index contributed by atoms with van der Waals surface area (Å²) in [6.07, 6.45) is 0. The first-order chi connectivity index (χ1) is 15.8. The average molecular weight is 449 g/mol. The highest BCUT2D eigenvalue weighted by Crippen LogP contribution is 2.43. The van der Waals surface area contributed by atoms with Crippen LogP contribution in [0.5, 0.6) is 5.75 Å². The summed E-state index contributed by atoms with van der Waals surface area (Å²) in [5.41, 5.74) is 0.896. The lowest BCUT2D eigenvalue weighted by molar-refractivity contribution is -0.132. The van der Waals surface area contributed by atoms with E-state index in [2.05, 4.69) is 0 Å². The van der Waals surface area contributed by atoms with Crippen LogP contribution in [0.3, 0.4) is 0 Å². The van der Waals surface area contributed by atoms with E-state index in [0.29, 0.717) is 23.5 Å². The Labute approximate surface area is 189 Å². The zero-order valence-corrected chi connectivity index (χ0v) is 18.0. The van der Waals surface area contributed by atoms with Crippen molar-refractivity contribution in [2.75, 3.05) is 11.5 Å². The van der Waals surface area contributed by atoms with E-state index in [1.54, 1.807) is 55.5 Å². The number of nitrogens with zero attached hydrogens (tertiary/aromatic N) is 1. The Kier molecular flexibility index (Phi) is 5.96. The summed E-state index contributed by atoms with van der Waals surface area (Å²) >= 11 is 0.